The number of nitro benzene ring substituents is 1. The van der Waals surface area contributed by atoms with Crippen LogP contribution in [0.4, 0.5) is 5.69 Å². The van der Waals surface area contributed by atoms with Crippen LogP contribution in [0, 0.1) is 10.1 Å². The van der Waals surface area contributed by atoms with Gasteiger partial charge in [-0.05, 0) is 19.1 Å². The number of phenolic OH excluding ortho intramolecular Hbond substituents is 1. The number of nitrogens with zero attached hydrogens (tertiary/aromatic N) is 1. The summed E-state index contributed by atoms with van der Waals surface area (Å²) in [6.45, 7) is 1.77. The summed E-state index contributed by atoms with van der Waals surface area (Å²) in [5, 5.41) is 19.5. The van der Waals surface area contributed by atoms with Gasteiger partial charge in [0, 0.05) is 0 Å². The van der Waals surface area contributed by atoms with E-state index < -0.39 is 4.92 Å². The van der Waals surface area contributed by atoms with Gasteiger partial charge >= 0.3 is 0 Å². The van der Waals surface area contributed by atoms with Crippen LogP contribution in [0.2, 0.25) is 0 Å². The predicted molar refractivity (Wildman–Crippen MR) is 49.5 cm³/mol. The van der Waals surface area contributed by atoms with Gasteiger partial charge in [0.05, 0.1) is 16.6 Å². The topological polar surface area (TPSA) is 63.4 Å². The molecule has 0 radical (unpaired) electrons. The van der Waals surface area contributed by atoms with E-state index >= 15 is 0 Å². The SMILES string of the molecule is C/C=C\c1ccc(O)cc1[N+](=O)[O-]. The maximum atomic E-state index is 10.5. The van der Waals surface area contributed by atoms with E-state index in [1.54, 1.807) is 19.1 Å². The highest BCUT2D eigenvalue weighted by molar-refractivity contribution is 5.62. The largest absolute Gasteiger partial charge is 0.508 e. The van der Waals surface area contributed by atoms with Crippen LogP contribution < -0.4 is 0 Å². The molecular weight excluding hydrogens is 170 g/mol. The van der Waals surface area contributed by atoms with Crippen molar-refractivity contribution >= 4 is 11.8 Å². The maximum Gasteiger partial charge on any atom is 0.280 e. The number of hydrogen-bond donors (Lipinski definition) is 1. The van der Waals surface area contributed by atoms with E-state index in [2.05, 4.69) is 0 Å². The number of benzene rings is 1. The lowest BCUT2D eigenvalue weighted by atomic mass is 10.1. The van der Waals surface area contributed by atoms with E-state index in [4.69, 9.17) is 5.11 Å². The van der Waals surface area contributed by atoms with Crippen LogP contribution in [0.5, 0.6) is 5.75 Å². The molecule has 0 saturated heterocycles. The van der Waals surface area contributed by atoms with Crippen LogP contribution >= 0.6 is 0 Å². The Kier molecular flexibility index (Phi) is 2.64. The smallest absolute Gasteiger partial charge is 0.280 e. The summed E-state index contributed by atoms with van der Waals surface area (Å²) in [6.07, 6.45) is 3.33. The summed E-state index contributed by atoms with van der Waals surface area (Å²) < 4.78 is 0. The zero-order chi connectivity index (χ0) is 9.84. The fourth-order valence-electron chi connectivity index (χ4n) is 1.01. The summed E-state index contributed by atoms with van der Waals surface area (Å²) in [4.78, 5) is 9.99. The number of aromatic hydroxyl groups is 1. The number of allylic oxidation sites excluding steroid dienone is 1. The summed E-state index contributed by atoms with van der Waals surface area (Å²) in [5.74, 6) is -0.0973. The summed E-state index contributed by atoms with van der Waals surface area (Å²) in [5.41, 5.74) is 0.406. The van der Waals surface area contributed by atoms with Gasteiger partial charge in [0.1, 0.15) is 5.75 Å². The van der Waals surface area contributed by atoms with Crippen molar-refractivity contribution in [1.82, 2.24) is 0 Å². The molecule has 13 heavy (non-hydrogen) atoms. The Morgan fingerprint density at radius 1 is 1.54 bits per heavy atom. The minimum absolute atomic E-state index is 0.0851. The van der Waals surface area contributed by atoms with Gasteiger partial charge in [0.2, 0.25) is 0 Å². The molecule has 1 aromatic carbocycles. The minimum Gasteiger partial charge on any atom is -0.508 e. The van der Waals surface area contributed by atoms with Gasteiger partial charge in [-0.2, -0.15) is 0 Å². The lowest BCUT2D eigenvalue weighted by Crippen LogP contribution is -1.90. The van der Waals surface area contributed by atoms with Crippen LogP contribution in [-0.2, 0) is 0 Å². The second kappa shape index (κ2) is 3.71. The van der Waals surface area contributed by atoms with Gasteiger partial charge in [-0.15, -0.1) is 0 Å². The van der Waals surface area contributed by atoms with E-state index in [0.29, 0.717) is 5.56 Å². The predicted octanol–water partition coefficient (Wildman–Crippen LogP) is 2.33. The highest BCUT2D eigenvalue weighted by Crippen LogP contribution is 2.24. The molecule has 1 rings (SSSR count). The van der Waals surface area contributed by atoms with Crippen molar-refractivity contribution in [2.45, 2.75) is 6.92 Å². The van der Waals surface area contributed by atoms with Gasteiger partial charge in [-0.1, -0.05) is 12.2 Å². The number of phenols is 1. The van der Waals surface area contributed by atoms with Crippen molar-refractivity contribution in [3.05, 3.63) is 40.0 Å². The molecule has 0 aliphatic carbocycles. The van der Waals surface area contributed by atoms with Gasteiger partial charge in [0.15, 0.2) is 0 Å². The van der Waals surface area contributed by atoms with Crippen LogP contribution in [0.15, 0.2) is 24.3 Å². The Morgan fingerprint density at radius 3 is 2.77 bits per heavy atom. The van der Waals surface area contributed by atoms with Gasteiger partial charge in [-0.3, -0.25) is 10.1 Å². The van der Waals surface area contributed by atoms with Crippen LogP contribution in [0.1, 0.15) is 12.5 Å². The highest BCUT2D eigenvalue weighted by Gasteiger charge is 2.11. The monoisotopic (exact) mass is 179 g/mol. The third-order valence-electron chi connectivity index (χ3n) is 1.56. The second-order valence-corrected chi connectivity index (χ2v) is 2.50. The van der Waals surface area contributed by atoms with E-state index in [9.17, 15) is 10.1 Å². The average molecular weight is 179 g/mol. The molecule has 0 aromatic heterocycles. The fraction of sp³-hybridized carbons (Fsp3) is 0.111. The number of rotatable bonds is 2. The first-order valence-electron chi connectivity index (χ1n) is 3.75. The Hall–Kier alpha value is -1.84. The van der Waals surface area contributed by atoms with Gasteiger partial charge < -0.3 is 5.11 Å². The molecule has 0 saturated carbocycles. The molecule has 0 spiro atoms. The molecule has 68 valence electrons. The quantitative estimate of drug-likeness (QED) is 0.559. The van der Waals surface area contributed by atoms with E-state index in [1.807, 2.05) is 0 Å². The Bertz CT molecular complexity index is 358. The molecular formula is C9H9NO3. The molecule has 0 fully saturated rings. The first-order valence-corrected chi connectivity index (χ1v) is 3.75. The molecule has 0 amide bonds. The number of nitro groups is 1. The Balaban J connectivity index is 3.26. The lowest BCUT2D eigenvalue weighted by Gasteiger charge is -1.97. The second-order valence-electron chi connectivity index (χ2n) is 2.50. The molecule has 0 atom stereocenters. The Labute approximate surface area is 75.3 Å². The fourth-order valence-corrected chi connectivity index (χ4v) is 1.01. The van der Waals surface area contributed by atoms with Crippen molar-refractivity contribution in [3.8, 4) is 5.75 Å². The molecule has 1 aromatic rings. The van der Waals surface area contributed by atoms with E-state index in [1.165, 1.54) is 12.1 Å². The van der Waals surface area contributed by atoms with Crippen molar-refractivity contribution < 1.29 is 10.0 Å². The van der Waals surface area contributed by atoms with E-state index in [-0.39, 0.29) is 11.4 Å². The van der Waals surface area contributed by atoms with Crippen molar-refractivity contribution in [1.29, 1.82) is 0 Å². The van der Waals surface area contributed by atoms with Crippen molar-refractivity contribution in [2.75, 3.05) is 0 Å². The van der Waals surface area contributed by atoms with Crippen LogP contribution in [0.25, 0.3) is 6.08 Å². The highest BCUT2D eigenvalue weighted by atomic mass is 16.6. The normalized spacial score (nSPS) is 10.5. The Morgan fingerprint density at radius 2 is 2.23 bits per heavy atom. The third-order valence-corrected chi connectivity index (χ3v) is 1.56. The molecule has 0 aliphatic rings. The molecule has 0 aliphatic heterocycles. The maximum absolute atomic E-state index is 10.5. The molecule has 4 nitrogen and oxygen atoms in total. The molecule has 0 heterocycles. The van der Waals surface area contributed by atoms with Crippen LogP contribution in [-0.4, -0.2) is 10.0 Å². The zero-order valence-corrected chi connectivity index (χ0v) is 7.10. The summed E-state index contributed by atoms with van der Waals surface area (Å²) in [7, 11) is 0. The first-order chi connectivity index (χ1) is 6.15. The molecule has 1 N–H and O–H groups in total. The number of hydrogen-bond acceptors (Lipinski definition) is 3. The first kappa shape index (κ1) is 9.25. The molecule has 4 heteroatoms. The zero-order valence-electron chi connectivity index (χ0n) is 7.10. The third kappa shape index (κ3) is 2.05. The van der Waals surface area contributed by atoms with Crippen molar-refractivity contribution in [3.63, 3.8) is 0 Å². The van der Waals surface area contributed by atoms with Crippen molar-refractivity contribution in [2.24, 2.45) is 0 Å². The van der Waals surface area contributed by atoms with Crippen LogP contribution in [0.3, 0.4) is 0 Å². The minimum atomic E-state index is -0.519. The van der Waals surface area contributed by atoms with Gasteiger partial charge in [-0.25, -0.2) is 0 Å². The lowest BCUT2D eigenvalue weighted by molar-refractivity contribution is -0.385. The van der Waals surface area contributed by atoms with E-state index in [0.717, 1.165) is 6.07 Å². The molecule has 0 bridgehead atoms. The summed E-state index contributed by atoms with van der Waals surface area (Å²) >= 11 is 0. The van der Waals surface area contributed by atoms with Gasteiger partial charge in [0.25, 0.3) is 5.69 Å². The average Bonchev–Trinajstić information content (AvgIpc) is 2.08. The standard InChI is InChI=1S/C9H9NO3/c1-2-3-7-4-5-8(11)6-9(7)10(12)13/h2-6,11H,1H3/b3-2-. The summed E-state index contributed by atoms with van der Waals surface area (Å²) in [6, 6.07) is 4.06. The molecule has 0 unspecified atom stereocenters.